The fourth-order valence-corrected chi connectivity index (χ4v) is 7.34. The van der Waals surface area contributed by atoms with Crippen LogP contribution in [0, 0.1) is 30.1 Å². The zero-order chi connectivity index (χ0) is 28.7. The molecule has 3 aromatic heterocycles. The molecule has 0 spiro atoms. The molecule has 15 heteroatoms. The van der Waals surface area contributed by atoms with Gasteiger partial charge in [-0.2, -0.15) is 13.2 Å². The van der Waals surface area contributed by atoms with Gasteiger partial charge in [0.25, 0.3) is 5.91 Å². The lowest BCUT2D eigenvalue weighted by atomic mass is 9.99. The van der Waals surface area contributed by atoms with Gasteiger partial charge in [0.1, 0.15) is 5.69 Å². The van der Waals surface area contributed by atoms with Gasteiger partial charge in [0, 0.05) is 29.7 Å². The zero-order valence-electron chi connectivity index (χ0n) is 23.4. The molecule has 0 radical (unpaired) electrons. The van der Waals surface area contributed by atoms with Crippen molar-refractivity contribution in [3.63, 3.8) is 0 Å². The van der Waals surface area contributed by atoms with Crippen LogP contribution < -0.4 is 5.73 Å². The third kappa shape index (κ3) is 5.72. The number of rotatable bonds is 5. The minimum atomic E-state index is -4.71. The first kappa shape index (κ1) is 35.0. The van der Waals surface area contributed by atoms with Crippen LogP contribution in [0.3, 0.4) is 0 Å². The summed E-state index contributed by atoms with van der Waals surface area (Å²) in [4.78, 5) is 51.3. The molecule has 3 atom stereocenters. The first-order chi connectivity index (χ1) is 18.8. The molecule has 2 aliphatic heterocycles. The number of piperidine rings is 1. The molecule has 8 nitrogen and oxygen atoms in total. The molecule has 3 aliphatic rings. The molecule has 5 heterocycles. The van der Waals surface area contributed by atoms with E-state index in [1.165, 1.54) is 29.4 Å². The van der Waals surface area contributed by atoms with Crippen molar-refractivity contribution in [3.8, 4) is 11.3 Å². The van der Waals surface area contributed by atoms with Gasteiger partial charge in [-0.1, -0.05) is 13.8 Å². The van der Waals surface area contributed by atoms with Gasteiger partial charge in [-0.3, -0.25) is 24.3 Å². The topological polar surface area (TPSA) is 109 Å². The number of thiophene rings is 1. The molecule has 2 unspecified atom stereocenters. The number of aromatic nitrogens is 2. The normalized spacial score (nSPS) is 22.2. The number of pyridine rings is 2. The molecule has 1 aliphatic carbocycles. The maximum atomic E-state index is 13.9. The standard InChI is InChI=1S/C28H28F3N5O3S.3ClH/c1-13-8-18(28(29,30)31)34-22(19(13)24(37)35-7-5-14(10-32)11-35)16-4-6-33-17-9-15(40-23(16)17)12-36-25(38)20-21(26(36)39)27(20,2)3;;;/h4,6,8-9,14,20-21H,5,7,10-12,32H2,1-3H3;3*1H/t14-,20?,21?;;;/m0.../s1. The number of nitrogens with two attached hydrogens (primary N) is 1. The lowest BCUT2D eigenvalue weighted by Gasteiger charge is -2.21. The SMILES string of the molecule is Cc1cc(C(F)(F)F)nc(-c2ccnc3cc(CN4C(=O)C5C(C4=O)C5(C)C)sc23)c1C(=O)N1CC[C@@H](CN)C1.Cl.Cl.Cl. The number of nitrogens with zero attached hydrogens (tertiary/aromatic N) is 4. The predicted molar refractivity (Wildman–Crippen MR) is 164 cm³/mol. The van der Waals surface area contributed by atoms with Crippen LogP contribution in [-0.2, 0) is 22.3 Å². The van der Waals surface area contributed by atoms with Crippen molar-refractivity contribution in [1.82, 2.24) is 19.8 Å². The van der Waals surface area contributed by atoms with E-state index < -0.39 is 11.9 Å². The number of fused-ring (bicyclic) bond motifs is 2. The average Bonchev–Trinajstić information content (AvgIpc) is 3.32. The number of likely N-dealkylation sites (tertiary alicyclic amines) is 2. The van der Waals surface area contributed by atoms with Crippen LogP contribution in [0.5, 0.6) is 0 Å². The highest BCUT2D eigenvalue weighted by molar-refractivity contribution is 7.19. The molecule has 0 aromatic carbocycles. The van der Waals surface area contributed by atoms with Crippen LogP contribution in [-0.4, -0.2) is 57.1 Å². The molecule has 3 fully saturated rings. The Bertz CT molecular complexity index is 1570. The third-order valence-electron chi connectivity index (χ3n) is 8.55. The Hall–Kier alpha value is -2.51. The maximum Gasteiger partial charge on any atom is 0.433 e. The largest absolute Gasteiger partial charge is 0.433 e. The minimum Gasteiger partial charge on any atom is -0.338 e. The fraction of sp³-hybridized carbons (Fsp3) is 0.464. The van der Waals surface area contributed by atoms with E-state index in [1.807, 2.05) is 13.8 Å². The molecule has 2 N–H and O–H groups in total. The van der Waals surface area contributed by atoms with Crippen LogP contribution in [0.2, 0.25) is 0 Å². The molecule has 3 aromatic rings. The number of imide groups is 1. The van der Waals surface area contributed by atoms with Gasteiger partial charge < -0.3 is 10.6 Å². The van der Waals surface area contributed by atoms with Gasteiger partial charge in [0.2, 0.25) is 11.8 Å². The quantitative estimate of drug-likeness (QED) is 0.356. The summed E-state index contributed by atoms with van der Waals surface area (Å²) in [6, 6.07) is 4.19. The number of hydrogen-bond donors (Lipinski definition) is 1. The Morgan fingerprint density at radius 1 is 1.14 bits per heavy atom. The van der Waals surface area contributed by atoms with Crippen molar-refractivity contribution in [3.05, 3.63) is 46.1 Å². The zero-order valence-corrected chi connectivity index (χ0v) is 26.7. The summed E-state index contributed by atoms with van der Waals surface area (Å²) >= 11 is 1.23. The van der Waals surface area contributed by atoms with Gasteiger partial charge in [-0.25, -0.2) is 4.98 Å². The molecule has 6 rings (SSSR count). The maximum absolute atomic E-state index is 13.9. The van der Waals surface area contributed by atoms with Gasteiger partial charge >= 0.3 is 6.18 Å². The summed E-state index contributed by atoms with van der Waals surface area (Å²) in [6.45, 7) is 6.69. The summed E-state index contributed by atoms with van der Waals surface area (Å²) in [5.74, 6) is -1.27. The van der Waals surface area contributed by atoms with Crippen LogP contribution in [0.15, 0.2) is 24.4 Å². The molecule has 2 saturated heterocycles. The molecular weight excluding hydrogens is 650 g/mol. The Labute approximate surface area is 268 Å². The lowest BCUT2D eigenvalue weighted by Crippen LogP contribution is -2.35. The number of halogens is 6. The summed E-state index contributed by atoms with van der Waals surface area (Å²) < 4.78 is 42.1. The summed E-state index contributed by atoms with van der Waals surface area (Å²) in [5.41, 5.74) is 5.43. The van der Waals surface area contributed by atoms with E-state index in [9.17, 15) is 27.6 Å². The average molecular weight is 681 g/mol. The molecular formula is C28H31Cl3F3N5O3S. The van der Waals surface area contributed by atoms with E-state index in [1.54, 1.807) is 17.0 Å². The number of carbonyl (C=O) groups is 3. The van der Waals surface area contributed by atoms with Crippen LogP contribution >= 0.6 is 48.6 Å². The van der Waals surface area contributed by atoms with E-state index in [4.69, 9.17) is 5.73 Å². The Morgan fingerprint density at radius 3 is 2.37 bits per heavy atom. The number of alkyl halides is 3. The summed E-state index contributed by atoms with van der Waals surface area (Å²) in [5, 5.41) is 0. The molecule has 0 bridgehead atoms. The highest BCUT2D eigenvalue weighted by atomic mass is 35.5. The van der Waals surface area contributed by atoms with Gasteiger partial charge in [-0.15, -0.1) is 48.6 Å². The van der Waals surface area contributed by atoms with E-state index >= 15 is 0 Å². The second-order valence-electron chi connectivity index (χ2n) is 11.5. The number of amides is 3. The van der Waals surface area contributed by atoms with Crippen LogP contribution in [0.1, 0.15) is 46.8 Å². The number of hydrogen-bond acceptors (Lipinski definition) is 7. The van der Waals surface area contributed by atoms with Crippen molar-refractivity contribution in [2.24, 2.45) is 28.9 Å². The minimum absolute atomic E-state index is 0. The fourth-order valence-electron chi connectivity index (χ4n) is 6.22. The van der Waals surface area contributed by atoms with Crippen molar-refractivity contribution in [2.45, 2.75) is 39.9 Å². The number of carbonyl (C=O) groups excluding carboxylic acids is 3. The highest BCUT2D eigenvalue weighted by Crippen LogP contribution is 2.63. The van der Waals surface area contributed by atoms with E-state index in [0.29, 0.717) is 40.3 Å². The molecule has 43 heavy (non-hydrogen) atoms. The molecule has 234 valence electrons. The second kappa shape index (κ2) is 12.1. The lowest BCUT2D eigenvalue weighted by molar-refractivity contribution is -0.144. The Morgan fingerprint density at radius 2 is 1.79 bits per heavy atom. The molecule has 3 amide bonds. The molecule has 1 saturated carbocycles. The first-order valence-corrected chi connectivity index (χ1v) is 14.0. The van der Waals surface area contributed by atoms with Crippen LogP contribution in [0.4, 0.5) is 13.2 Å². The van der Waals surface area contributed by atoms with Crippen molar-refractivity contribution >= 4 is 76.5 Å². The second-order valence-corrected chi connectivity index (χ2v) is 12.6. The van der Waals surface area contributed by atoms with E-state index in [2.05, 4.69) is 9.97 Å². The first-order valence-electron chi connectivity index (χ1n) is 13.1. The summed E-state index contributed by atoms with van der Waals surface area (Å²) in [7, 11) is 0. The smallest absolute Gasteiger partial charge is 0.338 e. The van der Waals surface area contributed by atoms with Gasteiger partial charge in [-0.05, 0) is 55.0 Å². The van der Waals surface area contributed by atoms with Crippen LogP contribution in [0.25, 0.3) is 21.5 Å². The Balaban J connectivity index is 0.00000169. The van der Waals surface area contributed by atoms with Crippen molar-refractivity contribution < 1.29 is 27.6 Å². The summed E-state index contributed by atoms with van der Waals surface area (Å²) in [6.07, 6.45) is -2.52. The van der Waals surface area contributed by atoms with Gasteiger partial charge in [0.05, 0.1) is 39.9 Å². The highest BCUT2D eigenvalue weighted by Gasteiger charge is 2.72. The predicted octanol–water partition coefficient (Wildman–Crippen LogP) is 5.51. The van der Waals surface area contributed by atoms with Crippen molar-refractivity contribution in [2.75, 3.05) is 19.6 Å². The van der Waals surface area contributed by atoms with E-state index in [-0.39, 0.29) is 101 Å². The van der Waals surface area contributed by atoms with E-state index in [0.717, 1.165) is 12.5 Å². The Kier molecular flexibility index (Phi) is 9.85. The number of aryl methyl sites for hydroxylation is 1. The monoisotopic (exact) mass is 679 g/mol. The van der Waals surface area contributed by atoms with Crippen molar-refractivity contribution in [1.29, 1.82) is 0 Å². The van der Waals surface area contributed by atoms with Gasteiger partial charge in [0.15, 0.2) is 0 Å². The third-order valence-corrected chi connectivity index (χ3v) is 9.69.